The van der Waals surface area contributed by atoms with Gasteiger partial charge in [-0.3, -0.25) is 0 Å². The summed E-state index contributed by atoms with van der Waals surface area (Å²) in [6.45, 7) is 0. The number of ether oxygens (including phenoxy) is 1. The average molecular weight is 451 g/mol. The highest BCUT2D eigenvalue weighted by Gasteiger charge is 2.29. The molecule has 2 aromatic carbocycles. The predicted octanol–water partition coefficient (Wildman–Crippen LogP) is 4.53. The van der Waals surface area contributed by atoms with E-state index in [1.165, 1.54) is 25.3 Å². The van der Waals surface area contributed by atoms with Gasteiger partial charge in [-0.2, -0.15) is 0 Å². The number of halogens is 5. The van der Waals surface area contributed by atoms with Crippen molar-refractivity contribution < 1.29 is 35.2 Å². The number of benzene rings is 2. The zero-order valence-electron chi connectivity index (χ0n) is 14.4. The van der Waals surface area contributed by atoms with Gasteiger partial charge in [-0.25, -0.2) is 31.1 Å². The predicted molar refractivity (Wildman–Crippen MR) is 95.2 cm³/mol. The van der Waals surface area contributed by atoms with E-state index in [1.807, 2.05) is 0 Å². The highest BCUT2D eigenvalue weighted by molar-refractivity contribution is 7.89. The molecule has 0 bridgehead atoms. The molecule has 12 heteroatoms. The van der Waals surface area contributed by atoms with E-state index in [-0.39, 0.29) is 16.3 Å². The molecular formula is C17H11ClF4N2O4S. The molecule has 0 fully saturated rings. The standard InChI is InChI=1S/C17H11ClF4N2O4S/c1-27-12-3-2-7(4-9(12)18)14-13(15(17(21)22)28-24-14)8-5-10(19)16(11(20)6-8)29(23,25)26/h2-6,17H,1H3,(H2,23,25,26). The van der Waals surface area contributed by atoms with Crippen LogP contribution in [0.4, 0.5) is 17.6 Å². The highest BCUT2D eigenvalue weighted by atomic mass is 35.5. The van der Waals surface area contributed by atoms with Crippen LogP contribution < -0.4 is 9.88 Å². The number of sulfonamides is 1. The number of primary sulfonamides is 1. The van der Waals surface area contributed by atoms with Crippen LogP contribution in [-0.2, 0) is 10.0 Å². The summed E-state index contributed by atoms with van der Waals surface area (Å²) in [4.78, 5) is -1.38. The lowest BCUT2D eigenvalue weighted by atomic mass is 9.98. The molecule has 0 saturated heterocycles. The Hall–Kier alpha value is -2.63. The van der Waals surface area contributed by atoms with Crippen LogP contribution in [0, 0.1) is 11.6 Å². The topological polar surface area (TPSA) is 95.4 Å². The average Bonchev–Trinajstić information content (AvgIpc) is 3.05. The molecule has 6 nitrogen and oxygen atoms in total. The maximum atomic E-state index is 14.3. The van der Waals surface area contributed by atoms with Crippen molar-refractivity contribution in [3.05, 3.63) is 52.7 Å². The second kappa shape index (κ2) is 7.65. The van der Waals surface area contributed by atoms with Gasteiger partial charge in [0.1, 0.15) is 23.1 Å². The molecule has 0 spiro atoms. The van der Waals surface area contributed by atoms with Crippen LogP contribution in [-0.4, -0.2) is 20.7 Å². The molecule has 29 heavy (non-hydrogen) atoms. The van der Waals surface area contributed by atoms with Gasteiger partial charge in [0.25, 0.3) is 6.43 Å². The van der Waals surface area contributed by atoms with Crippen LogP contribution in [0.1, 0.15) is 12.2 Å². The molecule has 0 aliphatic heterocycles. The number of rotatable bonds is 5. The smallest absolute Gasteiger partial charge is 0.298 e. The van der Waals surface area contributed by atoms with Gasteiger partial charge in [0.2, 0.25) is 15.8 Å². The van der Waals surface area contributed by atoms with Gasteiger partial charge in [-0.05, 0) is 35.9 Å². The molecule has 0 atom stereocenters. The minimum atomic E-state index is -4.72. The molecule has 0 saturated carbocycles. The first-order valence-corrected chi connectivity index (χ1v) is 9.60. The van der Waals surface area contributed by atoms with Crippen molar-refractivity contribution in [3.8, 4) is 28.1 Å². The van der Waals surface area contributed by atoms with Crippen LogP contribution in [0.2, 0.25) is 5.02 Å². The monoisotopic (exact) mass is 450 g/mol. The zero-order chi connectivity index (χ0) is 21.5. The van der Waals surface area contributed by atoms with E-state index >= 15 is 0 Å². The second-order valence-electron chi connectivity index (χ2n) is 5.73. The third-order valence-electron chi connectivity index (χ3n) is 3.91. The number of nitrogens with zero attached hydrogens (tertiary/aromatic N) is 1. The van der Waals surface area contributed by atoms with Crippen molar-refractivity contribution in [2.24, 2.45) is 5.14 Å². The van der Waals surface area contributed by atoms with Gasteiger partial charge in [0.05, 0.1) is 17.7 Å². The lowest BCUT2D eigenvalue weighted by molar-refractivity contribution is 0.113. The number of alkyl halides is 2. The number of aromatic nitrogens is 1. The fourth-order valence-corrected chi connectivity index (χ4v) is 3.64. The fraction of sp³-hybridized carbons (Fsp3) is 0.118. The Morgan fingerprint density at radius 1 is 1.14 bits per heavy atom. The molecule has 3 rings (SSSR count). The summed E-state index contributed by atoms with van der Waals surface area (Å²) in [6, 6.07) is 5.30. The van der Waals surface area contributed by atoms with E-state index in [0.29, 0.717) is 17.9 Å². The Kier molecular flexibility index (Phi) is 5.57. The first kappa shape index (κ1) is 21.1. The summed E-state index contributed by atoms with van der Waals surface area (Å²) in [5.41, 5.74) is -0.851. The molecule has 154 valence electrons. The third-order valence-corrected chi connectivity index (χ3v) is 5.17. The molecule has 0 unspecified atom stereocenters. The Morgan fingerprint density at radius 2 is 1.76 bits per heavy atom. The van der Waals surface area contributed by atoms with Crippen LogP contribution >= 0.6 is 11.6 Å². The molecule has 3 aromatic rings. The van der Waals surface area contributed by atoms with E-state index in [2.05, 4.69) is 9.68 Å². The molecule has 1 aromatic heterocycles. The van der Waals surface area contributed by atoms with Gasteiger partial charge >= 0.3 is 0 Å². The first-order chi connectivity index (χ1) is 13.5. The summed E-state index contributed by atoms with van der Waals surface area (Å²) in [5.74, 6) is -3.77. The van der Waals surface area contributed by atoms with Crippen molar-refractivity contribution in [2.75, 3.05) is 7.11 Å². The number of hydrogen-bond acceptors (Lipinski definition) is 5. The van der Waals surface area contributed by atoms with Crippen molar-refractivity contribution in [2.45, 2.75) is 11.3 Å². The van der Waals surface area contributed by atoms with Gasteiger partial charge < -0.3 is 9.26 Å². The Morgan fingerprint density at radius 3 is 2.24 bits per heavy atom. The maximum Gasteiger partial charge on any atom is 0.298 e. The van der Waals surface area contributed by atoms with E-state index in [0.717, 1.165) is 0 Å². The maximum absolute atomic E-state index is 14.3. The quantitative estimate of drug-likeness (QED) is 0.576. The molecular weight excluding hydrogens is 440 g/mol. The Labute approximate surface area is 166 Å². The van der Waals surface area contributed by atoms with Crippen molar-refractivity contribution >= 4 is 21.6 Å². The van der Waals surface area contributed by atoms with Crippen LogP contribution in [0.5, 0.6) is 5.75 Å². The van der Waals surface area contributed by atoms with Crippen molar-refractivity contribution in [1.29, 1.82) is 0 Å². The number of methoxy groups -OCH3 is 1. The molecule has 0 aliphatic rings. The summed E-state index contributed by atoms with van der Waals surface area (Å²) in [7, 11) is -3.35. The van der Waals surface area contributed by atoms with Crippen molar-refractivity contribution in [3.63, 3.8) is 0 Å². The Bertz CT molecular complexity index is 1180. The normalized spacial score (nSPS) is 11.9. The zero-order valence-corrected chi connectivity index (χ0v) is 16.0. The van der Waals surface area contributed by atoms with Crippen molar-refractivity contribution in [1.82, 2.24) is 5.16 Å². The van der Waals surface area contributed by atoms with Gasteiger partial charge in [-0.1, -0.05) is 16.8 Å². The summed E-state index contributed by atoms with van der Waals surface area (Å²) in [6.07, 6.45) is -3.18. The molecule has 0 amide bonds. The molecule has 2 N–H and O–H groups in total. The number of nitrogens with two attached hydrogens (primary N) is 1. The SMILES string of the molecule is COc1ccc(-c2noc(C(F)F)c2-c2cc(F)c(S(N)(=O)=O)c(F)c2)cc1Cl. The second-order valence-corrected chi connectivity index (χ2v) is 7.64. The third kappa shape index (κ3) is 3.93. The fourth-order valence-electron chi connectivity index (χ4n) is 2.72. The Balaban J connectivity index is 2.27. The van der Waals surface area contributed by atoms with Crippen LogP contribution in [0.25, 0.3) is 22.4 Å². The van der Waals surface area contributed by atoms with Gasteiger partial charge in [0, 0.05) is 5.56 Å². The minimum absolute atomic E-state index is 0.125. The van der Waals surface area contributed by atoms with Gasteiger partial charge in [0.15, 0.2) is 4.90 Å². The molecule has 0 aliphatic carbocycles. The van der Waals surface area contributed by atoms with Crippen LogP contribution in [0.15, 0.2) is 39.8 Å². The molecule has 0 radical (unpaired) electrons. The van der Waals surface area contributed by atoms with Gasteiger partial charge in [-0.15, -0.1) is 0 Å². The minimum Gasteiger partial charge on any atom is -0.495 e. The van der Waals surface area contributed by atoms with E-state index in [1.54, 1.807) is 0 Å². The van der Waals surface area contributed by atoms with E-state index in [4.69, 9.17) is 21.5 Å². The van der Waals surface area contributed by atoms with Crippen LogP contribution in [0.3, 0.4) is 0 Å². The van der Waals surface area contributed by atoms with E-state index in [9.17, 15) is 26.0 Å². The molecule has 1 heterocycles. The number of hydrogen-bond donors (Lipinski definition) is 1. The van der Waals surface area contributed by atoms with E-state index < -0.39 is 49.9 Å². The summed E-state index contributed by atoms with van der Waals surface area (Å²) < 4.78 is 87.8. The lowest BCUT2D eigenvalue weighted by Gasteiger charge is -2.09. The highest BCUT2D eigenvalue weighted by Crippen LogP contribution is 2.41. The lowest BCUT2D eigenvalue weighted by Crippen LogP contribution is -2.16. The summed E-state index contributed by atoms with van der Waals surface area (Å²) >= 11 is 6.04. The largest absolute Gasteiger partial charge is 0.495 e. The summed E-state index contributed by atoms with van der Waals surface area (Å²) in [5, 5.41) is 8.48. The first-order valence-electron chi connectivity index (χ1n) is 7.68.